The maximum Gasteiger partial charge on any atom is 0.306 e. The molecule has 4 heteroatoms. The van der Waals surface area contributed by atoms with Crippen LogP contribution in [0.4, 0.5) is 0 Å². The Kier molecular flexibility index (Phi) is 37.6. The molecule has 1 N–H and O–H groups in total. The fourth-order valence-corrected chi connectivity index (χ4v) is 5.85. The molecule has 0 saturated carbocycles. The number of unbranched alkanes of at least 4 members (excludes halogenated alkanes) is 27. The highest BCUT2D eigenvalue weighted by Crippen LogP contribution is 2.14. The Hall–Kier alpha value is -0.870. The van der Waals surface area contributed by atoms with Crippen molar-refractivity contribution in [1.82, 2.24) is 0 Å². The fourth-order valence-electron chi connectivity index (χ4n) is 5.85. The van der Waals surface area contributed by atoms with Gasteiger partial charge in [-0.05, 0) is 38.5 Å². The first-order chi connectivity index (χ1) is 21.7. The van der Waals surface area contributed by atoms with Gasteiger partial charge in [0.2, 0.25) is 0 Å². The number of hydrogen-bond acceptors (Lipinski definition) is 4. The van der Waals surface area contributed by atoms with Crippen molar-refractivity contribution >= 4 is 5.97 Å². The van der Waals surface area contributed by atoms with E-state index >= 15 is 0 Å². The summed E-state index contributed by atoms with van der Waals surface area (Å²) in [4.78, 5) is 12.0. The number of carbonyl (C=O) groups excluding carboxylic acids is 1. The van der Waals surface area contributed by atoms with E-state index in [0.717, 1.165) is 19.3 Å². The molecule has 0 heterocycles. The van der Waals surface area contributed by atoms with E-state index in [4.69, 9.17) is 9.47 Å². The lowest BCUT2D eigenvalue weighted by atomic mass is 10.0. The van der Waals surface area contributed by atoms with Crippen molar-refractivity contribution in [3.8, 4) is 0 Å². The Labute approximate surface area is 275 Å². The molecule has 0 aromatic heterocycles. The van der Waals surface area contributed by atoms with Gasteiger partial charge < -0.3 is 14.6 Å². The molecule has 0 aliphatic heterocycles. The van der Waals surface area contributed by atoms with Crippen LogP contribution in [0.25, 0.3) is 0 Å². The summed E-state index contributed by atoms with van der Waals surface area (Å²) in [5.74, 6) is -0.207. The molecule has 0 amide bonds. The molecular weight excluding hydrogens is 544 g/mol. The number of ether oxygens (including phenoxy) is 2. The summed E-state index contributed by atoms with van der Waals surface area (Å²) >= 11 is 0. The van der Waals surface area contributed by atoms with E-state index in [1.165, 1.54) is 173 Å². The maximum atomic E-state index is 12.0. The van der Waals surface area contributed by atoms with Gasteiger partial charge in [0.25, 0.3) is 0 Å². The molecule has 0 aromatic rings. The number of hydrogen-bond donors (Lipinski definition) is 1. The zero-order chi connectivity index (χ0) is 32.0. The number of carbonyl (C=O) groups is 1. The largest absolute Gasteiger partial charge is 0.457 e. The molecule has 0 bridgehead atoms. The minimum Gasteiger partial charge on any atom is -0.457 e. The number of esters is 1. The third kappa shape index (κ3) is 35.6. The van der Waals surface area contributed by atoms with Crippen molar-refractivity contribution in [2.75, 3.05) is 19.8 Å². The average molecular weight is 623 g/mol. The Morgan fingerprint density at radius 1 is 0.523 bits per heavy atom. The van der Waals surface area contributed by atoms with Crippen LogP contribution in [0.5, 0.6) is 0 Å². The van der Waals surface area contributed by atoms with Crippen molar-refractivity contribution in [1.29, 1.82) is 0 Å². The summed E-state index contributed by atoms with van der Waals surface area (Å²) in [6.07, 6.45) is 44.4. The molecule has 0 fully saturated rings. The maximum absolute atomic E-state index is 12.0. The first-order valence-electron chi connectivity index (χ1n) is 19.8. The lowest BCUT2D eigenvalue weighted by Crippen LogP contribution is -2.27. The van der Waals surface area contributed by atoms with Gasteiger partial charge in [-0.3, -0.25) is 4.79 Å². The van der Waals surface area contributed by atoms with Crippen molar-refractivity contribution in [3.05, 3.63) is 12.2 Å². The molecule has 0 radical (unpaired) electrons. The summed E-state index contributed by atoms with van der Waals surface area (Å²) in [6, 6.07) is 0. The van der Waals surface area contributed by atoms with Gasteiger partial charge in [-0.2, -0.15) is 0 Å². The van der Waals surface area contributed by atoms with Crippen molar-refractivity contribution in [2.45, 2.75) is 219 Å². The number of rotatable bonds is 37. The van der Waals surface area contributed by atoms with Gasteiger partial charge in [0.15, 0.2) is 0 Å². The molecule has 0 aliphatic rings. The van der Waals surface area contributed by atoms with Crippen LogP contribution in [0, 0.1) is 0 Å². The molecule has 1 unspecified atom stereocenters. The molecule has 4 nitrogen and oxygen atoms in total. The van der Waals surface area contributed by atoms with E-state index in [-0.39, 0.29) is 12.6 Å². The van der Waals surface area contributed by atoms with Crippen LogP contribution in [-0.2, 0) is 14.3 Å². The lowest BCUT2D eigenvalue weighted by molar-refractivity contribution is -0.154. The van der Waals surface area contributed by atoms with Gasteiger partial charge in [0, 0.05) is 13.0 Å². The normalized spacial score (nSPS) is 12.3. The molecular formula is C40H78O4. The minimum atomic E-state index is -0.524. The molecule has 0 aromatic carbocycles. The molecule has 0 aliphatic carbocycles. The number of allylic oxidation sites excluding steroid dienone is 2. The highest BCUT2D eigenvalue weighted by atomic mass is 16.6. The number of aliphatic hydroxyl groups excluding tert-OH is 1. The molecule has 0 saturated heterocycles. The topological polar surface area (TPSA) is 55.8 Å². The minimum absolute atomic E-state index is 0.167. The van der Waals surface area contributed by atoms with Crippen LogP contribution >= 0.6 is 0 Å². The van der Waals surface area contributed by atoms with E-state index in [1.807, 2.05) is 0 Å². The van der Waals surface area contributed by atoms with Crippen LogP contribution in [0.1, 0.15) is 213 Å². The second-order valence-electron chi connectivity index (χ2n) is 13.4. The van der Waals surface area contributed by atoms with Crippen LogP contribution in [0.15, 0.2) is 12.2 Å². The predicted octanol–water partition coefficient (Wildman–Crippen LogP) is 12.6. The zero-order valence-electron chi connectivity index (χ0n) is 29.9. The standard InChI is InChI=1S/C40H78O4/c1-3-5-7-9-11-12-13-14-15-16-17-18-19-20-21-22-23-24-25-26-27-28-29-30-32-34-36-43-38-39(37-41)44-40(42)35-33-31-10-8-6-4-2/h16-17,39,41H,3-15,18-38H2,1-2H3/b17-16-. The molecule has 0 spiro atoms. The SMILES string of the molecule is CCCCCCCCCC/C=C\CCCCCCCCCCCCCCCCOCC(CO)OC(=O)CCCCCCCC. The van der Waals surface area contributed by atoms with Crippen LogP contribution in [0.3, 0.4) is 0 Å². The van der Waals surface area contributed by atoms with Gasteiger partial charge >= 0.3 is 5.97 Å². The second-order valence-corrected chi connectivity index (χ2v) is 13.4. The Morgan fingerprint density at radius 3 is 1.30 bits per heavy atom. The quantitative estimate of drug-likeness (QED) is 0.0425. The first kappa shape index (κ1) is 43.1. The van der Waals surface area contributed by atoms with Crippen molar-refractivity contribution in [2.24, 2.45) is 0 Å². The predicted molar refractivity (Wildman–Crippen MR) is 191 cm³/mol. The molecule has 262 valence electrons. The van der Waals surface area contributed by atoms with Crippen LogP contribution in [0.2, 0.25) is 0 Å². The summed E-state index contributed by atoms with van der Waals surface area (Å²) in [6.45, 7) is 5.31. The third-order valence-corrected chi connectivity index (χ3v) is 8.84. The summed E-state index contributed by atoms with van der Waals surface area (Å²) in [7, 11) is 0. The van der Waals surface area contributed by atoms with Crippen molar-refractivity contribution < 1.29 is 19.4 Å². The van der Waals surface area contributed by atoms with Gasteiger partial charge in [-0.25, -0.2) is 0 Å². The van der Waals surface area contributed by atoms with E-state index in [9.17, 15) is 9.90 Å². The summed E-state index contributed by atoms with van der Waals surface area (Å²) in [5.41, 5.74) is 0. The fraction of sp³-hybridized carbons (Fsp3) is 0.925. The van der Waals surface area contributed by atoms with Gasteiger partial charge in [0.1, 0.15) is 6.10 Å². The first-order valence-corrected chi connectivity index (χ1v) is 19.8. The van der Waals surface area contributed by atoms with Gasteiger partial charge in [-0.15, -0.1) is 0 Å². The molecule has 0 rings (SSSR count). The second kappa shape index (κ2) is 38.3. The Balaban J connectivity index is 3.29. The van der Waals surface area contributed by atoms with Crippen molar-refractivity contribution in [3.63, 3.8) is 0 Å². The van der Waals surface area contributed by atoms with E-state index in [2.05, 4.69) is 26.0 Å². The van der Waals surface area contributed by atoms with Crippen LogP contribution in [-0.4, -0.2) is 37.0 Å². The van der Waals surface area contributed by atoms with E-state index < -0.39 is 6.10 Å². The molecule has 44 heavy (non-hydrogen) atoms. The third-order valence-electron chi connectivity index (χ3n) is 8.84. The zero-order valence-corrected chi connectivity index (χ0v) is 29.9. The number of aliphatic hydroxyl groups is 1. The molecule has 1 atom stereocenters. The highest BCUT2D eigenvalue weighted by molar-refractivity contribution is 5.69. The average Bonchev–Trinajstić information content (AvgIpc) is 3.03. The van der Waals surface area contributed by atoms with E-state index in [1.54, 1.807) is 0 Å². The highest BCUT2D eigenvalue weighted by Gasteiger charge is 2.13. The van der Waals surface area contributed by atoms with Crippen LogP contribution < -0.4 is 0 Å². The van der Waals surface area contributed by atoms with Gasteiger partial charge in [0.05, 0.1) is 13.2 Å². The summed E-state index contributed by atoms with van der Waals surface area (Å²) in [5, 5.41) is 9.49. The Bertz CT molecular complexity index is 576. The monoisotopic (exact) mass is 623 g/mol. The van der Waals surface area contributed by atoms with E-state index in [0.29, 0.717) is 19.6 Å². The summed E-state index contributed by atoms with van der Waals surface area (Å²) < 4.78 is 11.0. The lowest BCUT2D eigenvalue weighted by Gasteiger charge is -2.15. The van der Waals surface area contributed by atoms with Gasteiger partial charge in [-0.1, -0.05) is 180 Å². The Morgan fingerprint density at radius 2 is 0.886 bits per heavy atom. The smallest absolute Gasteiger partial charge is 0.306 e.